The highest BCUT2D eigenvalue weighted by Gasteiger charge is 2.45. The molecule has 0 fully saturated rings. The molecule has 0 bridgehead atoms. The third-order valence-corrected chi connectivity index (χ3v) is 14.5. The second kappa shape index (κ2) is 15.9. The first-order valence-electron chi connectivity index (χ1n) is 24.4. The fraction of sp³-hybridized carbons (Fsp3) is 0.156. The highest BCUT2D eigenvalue weighted by Crippen LogP contribution is 2.51. The van der Waals surface area contributed by atoms with Crippen molar-refractivity contribution in [3.05, 3.63) is 216 Å². The number of hydrogen-bond acceptors (Lipinski definition) is 4. The molecule has 4 nitrogen and oxygen atoms in total. The Bertz CT molecular complexity index is 3610. The lowest BCUT2D eigenvalue weighted by atomic mass is 9.33. The first-order valence-corrected chi connectivity index (χ1v) is 24.4. The van der Waals surface area contributed by atoms with Gasteiger partial charge in [-0.15, -0.1) is 0 Å². The molecule has 0 amide bonds. The van der Waals surface area contributed by atoms with Crippen molar-refractivity contribution in [1.29, 1.82) is 0 Å². The summed E-state index contributed by atoms with van der Waals surface area (Å²) in [6.07, 6.45) is 0. The van der Waals surface area contributed by atoms with Crippen LogP contribution in [0.2, 0.25) is 0 Å². The van der Waals surface area contributed by atoms with Crippen molar-refractivity contribution < 1.29 is 4.42 Å². The molecule has 0 radical (unpaired) electrons. The summed E-state index contributed by atoms with van der Waals surface area (Å²) in [4.78, 5) is 7.52. The SMILES string of the molecule is Cc1ccc(N2c3ccc(C)cc3B3c4cc(C(C)(C)C)ccc4N(c4ccccc4-c4ccccc4)c4cc(N(c5ccc(C(C)(C)C)cc5)c5cccc6c5oc5ccccc56)cc2c43)cc1. The average molecular weight is 894 g/mol. The van der Waals surface area contributed by atoms with Crippen molar-refractivity contribution in [1.82, 2.24) is 0 Å². The summed E-state index contributed by atoms with van der Waals surface area (Å²) in [5, 5.41) is 2.19. The topological polar surface area (TPSA) is 22.9 Å². The van der Waals surface area contributed by atoms with Crippen molar-refractivity contribution in [3.63, 3.8) is 0 Å². The van der Waals surface area contributed by atoms with Crippen molar-refractivity contribution in [2.45, 2.75) is 66.2 Å². The van der Waals surface area contributed by atoms with Crippen LogP contribution in [-0.4, -0.2) is 6.71 Å². The summed E-state index contributed by atoms with van der Waals surface area (Å²) in [6.45, 7) is 18.2. The predicted molar refractivity (Wildman–Crippen MR) is 295 cm³/mol. The molecular weight excluding hydrogens is 838 g/mol. The Labute approximate surface area is 407 Å². The molecule has 1 aromatic heterocycles. The molecule has 0 N–H and O–H groups in total. The second-order valence-corrected chi connectivity index (χ2v) is 21.2. The minimum Gasteiger partial charge on any atom is -0.454 e. The molecule has 0 aliphatic carbocycles. The van der Waals surface area contributed by atoms with Gasteiger partial charge in [0.25, 0.3) is 6.71 Å². The number of nitrogens with zero attached hydrogens (tertiary/aromatic N) is 3. The second-order valence-electron chi connectivity index (χ2n) is 21.2. The maximum absolute atomic E-state index is 6.92. The van der Waals surface area contributed by atoms with Crippen LogP contribution in [-0.2, 0) is 10.8 Å². The molecule has 0 saturated heterocycles. The molecule has 0 atom stereocenters. The molecule has 9 aromatic carbocycles. The van der Waals surface area contributed by atoms with E-state index < -0.39 is 0 Å². The van der Waals surface area contributed by atoms with Gasteiger partial charge in [0.05, 0.1) is 17.1 Å². The number of benzene rings is 9. The van der Waals surface area contributed by atoms with E-state index >= 15 is 0 Å². The molecular formula is C64H56BN3O. The predicted octanol–water partition coefficient (Wildman–Crippen LogP) is 16.0. The lowest BCUT2D eigenvalue weighted by Gasteiger charge is -2.45. The third kappa shape index (κ3) is 7.05. The zero-order chi connectivity index (χ0) is 47.3. The van der Waals surface area contributed by atoms with Gasteiger partial charge in [0.1, 0.15) is 5.58 Å². The van der Waals surface area contributed by atoms with Crippen LogP contribution in [0.25, 0.3) is 33.1 Å². The number of rotatable bonds is 6. The molecule has 336 valence electrons. The Kier molecular flexibility index (Phi) is 9.83. The van der Waals surface area contributed by atoms with Gasteiger partial charge < -0.3 is 19.1 Å². The van der Waals surface area contributed by atoms with E-state index in [9.17, 15) is 0 Å². The van der Waals surface area contributed by atoms with E-state index in [4.69, 9.17) is 4.42 Å². The van der Waals surface area contributed by atoms with Gasteiger partial charge >= 0.3 is 0 Å². The molecule has 10 aromatic rings. The monoisotopic (exact) mass is 893 g/mol. The van der Waals surface area contributed by atoms with Crippen LogP contribution in [0.4, 0.5) is 51.2 Å². The minimum absolute atomic E-state index is 0.0136. The van der Waals surface area contributed by atoms with E-state index in [1.807, 2.05) is 0 Å². The van der Waals surface area contributed by atoms with Crippen LogP contribution < -0.4 is 31.1 Å². The van der Waals surface area contributed by atoms with E-state index in [1.54, 1.807) is 0 Å². The molecule has 2 aliphatic rings. The van der Waals surface area contributed by atoms with Crippen LogP contribution in [0.15, 0.2) is 199 Å². The van der Waals surface area contributed by atoms with Gasteiger partial charge in [-0.05, 0) is 124 Å². The van der Waals surface area contributed by atoms with Crippen molar-refractivity contribution in [2.24, 2.45) is 0 Å². The number of furan rings is 1. The Morgan fingerprint density at radius 2 is 1.06 bits per heavy atom. The maximum Gasteiger partial charge on any atom is 0.252 e. The van der Waals surface area contributed by atoms with Gasteiger partial charge in [0, 0.05) is 50.5 Å². The van der Waals surface area contributed by atoms with Gasteiger partial charge in [-0.3, -0.25) is 0 Å². The molecule has 0 saturated carbocycles. The highest BCUT2D eigenvalue weighted by molar-refractivity contribution is 7.00. The summed E-state index contributed by atoms with van der Waals surface area (Å²) in [5.74, 6) is 0. The summed E-state index contributed by atoms with van der Waals surface area (Å²) in [6, 6.07) is 72.2. The van der Waals surface area contributed by atoms with Crippen molar-refractivity contribution >= 4 is 96.2 Å². The molecule has 3 heterocycles. The summed E-state index contributed by atoms with van der Waals surface area (Å²) >= 11 is 0. The number of anilines is 9. The average Bonchev–Trinajstić information content (AvgIpc) is 3.74. The third-order valence-electron chi connectivity index (χ3n) is 14.5. The highest BCUT2D eigenvalue weighted by atomic mass is 16.3. The summed E-state index contributed by atoms with van der Waals surface area (Å²) in [7, 11) is 0. The number of aryl methyl sites for hydroxylation is 2. The van der Waals surface area contributed by atoms with Crippen molar-refractivity contribution in [2.75, 3.05) is 14.7 Å². The molecule has 0 spiro atoms. The van der Waals surface area contributed by atoms with Gasteiger partial charge in [-0.2, -0.15) is 0 Å². The lowest BCUT2D eigenvalue weighted by molar-refractivity contribution is 0.590. The Morgan fingerprint density at radius 3 is 1.81 bits per heavy atom. The van der Waals surface area contributed by atoms with Gasteiger partial charge in [-0.1, -0.05) is 180 Å². The van der Waals surface area contributed by atoms with E-state index in [-0.39, 0.29) is 17.5 Å². The fourth-order valence-corrected chi connectivity index (χ4v) is 10.9. The number of para-hydroxylation sites is 3. The van der Waals surface area contributed by atoms with Crippen LogP contribution >= 0.6 is 0 Å². The zero-order valence-electron chi connectivity index (χ0n) is 40.8. The van der Waals surface area contributed by atoms with E-state index in [0.29, 0.717) is 0 Å². The van der Waals surface area contributed by atoms with Gasteiger partial charge in [0.15, 0.2) is 5.58 Å². The Morgan fingerprint density at radius 1 is 0.449 bits per heavy atom. The standard InChI is InChI=1S/C64H56BN3O/c1-41-25-31-47(32-26-41)67-55-35-27-42(2)37-52(55)65-53-38-45(64(6,7)8)30-36-56(53)68(54-22-14-12-19-49(54)43-17-10-9-11-18-43)59-40-48(39-58(67)61(59)65)66(46-33-28-44(29-34-46)63(3,4)5)57-23-16-21-51-50-20-13-15-24-60(50)69-62(51)57/h9-40H,1-8H3. The first-order chi connectivity index (χ1) is 33.3. The fourth-order valence-electron chi connectivity index (χ4n) is 10.9. The Hall–Kier alpha value is -7.76. The van der Waals surface area contributed by atoms with Gasteiger partial charge in [0.2, 0.25) is 0 Å². The summed E-state index contributed by atoms with van der Waals surface area (Å²) < 4.78 is 6.92. The maximum atomic E-state index is 6.92. The van der Waals surface area contributed by atoms with E-state index in [1.165, 1.54) is 61.1 Å². The normalized spacial score (nSPS) is 13.1. The Balaban J connectivity index is 1.23. The number of hydrogen-bond donors (Lipinski definition) is 0. The largest absolute Gasteiger partial charge is 0.454 e. The smallest absolute Gasteiger partial charge is 0.252 e. The van der Waals surface area contributed by atoms with Crippen LogP contribution in [0.3, 0.4) is 0 Å². The van der Waals surface area contributed by atoms with Gasteiger partial charge in [-0.25, -0.2) is 0 Å². The summed E-state index contributed by atoms with van der Waals surface area (Å²) in [5.41, 5.74) is 22.9. The number of fused-ring (bicyclic) bond motifs is 7. The molecule has 2 aliphatic heterocycles. The molecule has 69 heavy (non-hydrogen) atoms. The van der Waals surface area contributed by atoms with E-state index in [0.717, 1.165) is 61.8 Å². The quantitative estimate of drug-likeness (QED) is 0.155. The van der Waals surface area contributed by atoms with Crippen molar-refractivity contribution in [3.8, 4) is 11.1 Å². The van der Waals surface area contributed by atoms with Crippen LogP contribution in [0, 0.1) is 13.8 Å². The molecule has 5 heteroatoms. The van der Waals surface area contributed by atoms with Crippen LogP contribution in [0.5, 0.6) is 0 Å². The lowest BCUT2D eigenvalue weighted by Crippen LogP contribution is -2.61. The first kappa shape index (κ1) is 42.6. The molecule has 12 rings (SSSR count). The van der Waals surface area contributed by atoms with E-state index in [2.05, 4.69) is 264 Å². The zero-order valence-corrected chi connectivity index (χ0v) is 40.8. The molecule has 0 unspecified atom stereocenters. The van der Waals surface area contributed by atoms with Crippen LogP contribution in [0.1, 0.15) is 63.8 Å². The minimum atomic E-state index is -0.0620.